The van der Waals surface area contributed by atoms with Crippen LogP contribution < -0.4 is 10.6 Å². The number of hydrogen-bond donors (Lipinski definition) is 3. The molecule has 15 heavy (non-hydrogen) atoms. The third-order valence-corrected chi connectivity index (χ3v) is 2.68. The number of nitrogens with zero attached hydrogens (tertiary/aromatic N) is 1. The van der Waals surface area contributed by atoms with E-state index in [0.29, 0.717) is 11.7 Å². The first-order valence-corrected chi connectivity index (χ1v) is 5.36. The third kappa shape index (κ3) is 2.79. The average Bonchev–Trinajstić information content (AvgIpc) is 2.90. The Balaban J connectivity index is 1.67. The summed E-state index contributed by atoms with van der Waals surface area (Å²) in [5, 5.41) is 6.26. The molecular weight excluding hydrogens is 192 g/mol. The topological polar surface area (TPSA) is 69.8 Å². The van der Waals surface area contributed by atoms with Crippen LogP contribution in [0.4, 0.5) is 0 Å². The summed E-state index contributed by atoms with van der Waals surface area (Å²) in [5.41, 5.74) is 0.523. The fourth-order valence-electron chi connectivity index (χ4n) is 1.84. The van der Waals surface area contributed by atoms with E-state index in [1.54, 1.807) is 0 Å². The number of imidazole rings is 1. The Morgan fingerprint density at radius 1 is 1.67 bits per heavy atom. The maximum atomic E-state index is 11.5. The highest BCUT2D eigenvalue weighted by Crippen LogP contribution is 2.07. The molecule has 0 aliphatic carbocycles. The second kappa shape index (κ2) is 4.93. The van der Waals surface area contributed by atoms with Crippen molar-refractivity contribution in [2.45, 2.75) is 25.3 Å². The summed E-state index contributed by atoms with van der Waals surface area (Å²) in [5.74, 6) is -0.0782. The summed E-state index contributed by atoms with van der Waals surface area (Å²) in [4.78, 5) is 18.1. The van der Waals surface area contributed by atoms with Gasteiger partial charge in [0.2, 0.25) is 0 Å². The van der Waals surface area contributed by atoms with Gasteiger partial charge in [-0.15, -0.1) is 0 Å². The number of aromatic amines is 1. The van der Waals surface area contributed by atoms with Crippen molar-refractivity contribution in [3.05, 3.63) is 18.2 Å². The van der Waals surface area contributed by atoms with Gasteiger partial charge in [0.05, 0.1) is 12.5 Å². The highest BCUT2D eigenvalue weighted by Gasteiger charge is 2.14. The van der Waals surface area contributed by atoms with E-state index in [0.717, 1.165) is 19.5 Å². The van der Waals surface area contributed by atoms with E-state index in [1.165, 1.54) is 25.4 Å². The van der Waals surface area contributed by atoms with Gasteiger partial charge < -0.3 is 15.6 Å². The summed E-state index contributed by atoms with van der Waals surface area (Å²) < 4.78 is 0. The molecule has 2 rings (SSSR count). The second-order valence-corrected chi connectivity index (χ2v) is 3.80. The van der Waals surface area contributed by atoms with Gasteiger partial charge in [-0.05, 0) is 25.8 Å². The van der Waals surface area contributed by atoms with E-state index in [9.17, 15) is 4.79 Å². The molecule has 0 bridgehead atoms. The average molecular weight is 208 g/mol. The van der Waals surface area contributed by atoms with Crippen LogP contribution in [-0.4, -0.2) is 35.0 Å². The number of amides is 1. The number of hydrogen-bond acceptors (Lipinski definition) is 3. The summed E-state index contributed by atoms with van der Waals surface area (Å²) in [7, 11) is 0. The Morgan fingerprint density at radius 2 is 2.60 bits per heavy atom. The van der Waals surface area contributed by atoms with Gasteiger partial charge in [0, 0.05) is 12.6 Å². The van der Waals surface area contributed by atoms with Crippen LogP contribution in [0.25, 0.3) is 0 Å². The lowest BCUT2D eigenvalue weighted by molar-refractivity contribution is 0.0948. The van der Waals surface area contributed by atoms with E-state index in [4.69, 9.17) is 0 Å². The summed E-state index contributed by atoms with van der Waals surface area (Å²) in [6.07, 6.45) is 6.51. The minimum atomic E-state index is -0.0782. The Hall–Kier alpha value is -1.36. The Bertz CT molecular complexity index is 303. The van der Waals surface area contributed by atoms with Crippen LogP contribution in [0.2, 0.25) is 0 Å². The van der Waals surface area contributed by atoms with Gasteiger partial charge in [0.15, 0.2) is 0 Å². The lowest BCUT2D eigenvalue weighted by atomic mass is 10.1. The van der Waals surface area contributed by atoms with E-state index in [-0.39, 0.29) is 5.91 Å². The van der Waals surface area contributed by atoms with E-state index in [2.05, 4.69) is 20.6 Å². The van der Waals surface area contributed by atoms with Crippen LogP contribution in [0.5, 0.6) is 0 Å². The van der Waals surface area contributed by atoms with Crippen LogP contribution in [0.15, 0.2) is 12.5 Å². The highest BCUT2D eigenvalue weighted by molar-refractivity contribution is 5.91. The normalized spacial score (nSPS) is 20.4. The third-order valence-electron chi connectivity index (χ3n) is 2.68. The molecule has 1 unspecified atom stereocenters. The SMILES string of the molecule is O=C(NCCC1CCCN1)c1cnc[nH]1. The van der Waals surface area contributed by atoms with Crippen LogP contribution >= 0.6 is 0 Å². The molecule has 1 atom stereocenters. The molecule has 0 aromatic carbocycles. The van der Waals surface area contributed by atoms with Gasteiger partial charge >= 0.3 is 0 Å². The molecule has 2 heterocycles. The highest BCUT2D eigenvalue weighted by atomic mass is 16.1. The molecule has 1 aliphatic rings. The Morgan fingerprint density at radius 3 is 3.27 bits per heavy atom. The zero-order valence-electron chi connectivity index (χ0n) is 8.62. The van der Waals surface area contributed by atoms with Crippen molar-refractivity contribution in [2.75, 3.05) is 13.1 Å². The van der Waals surface area contributed by atoms with Crippen LogP contribution in [0, 0.1) is 0 Å². The lowest BCUT2D eigenvalue weighted by Crippen LogP contribution is -2.30. The molecule has 1 saturated heterocycles. The van der Waals surface area contributed by atoms with E-state index in [1.807, 2.05) is 0 Å². The largest absolute Gasteiger partial charge is 0.351 e. The molecule has 1 fully saturated rings. The quantitative estimate of drug-likeness (QED) is 0.665. The molecular formula is C10H16N4O. The molecule has 5 nitrogen and oxygen atoms in total. The van der Waals surface area contributed by atoms with Crippen molar-refractivity contribution in [3.8, 4) is 0 Å². The zero-order chi connectivity index (χ0) is 10.5. The predicted octanol–water partition coefficient (Wildman–Crippen LogP) is 0.282. The van der Waals surface area contributed by atoms with E-state index < -0.39 is 0 Å². The molecule has 0 saturated carbocycles. The molecule has 0 spiro atoms. The molecule has 3 N–H and O–H groups in total. The number of rotatable bonds is 4. The van der Waals surface area contributed by atoms with Gasteiger partial charge in [0.25, 0.3) is 5.91 Å². The van der Waals surface area contributed by atoms with Crippen LogP contribution in [-0.2, 0) is 0 Å². The van der Waals surface area contributed by atoms with Crippen molar-refractivity contribution >= 4 is 5.91 Å². The summed E-state index contributed by atoms with van der Waals surface area (Å²) in [6, 6.07) is 0.576. The maximum absolute atomic E-state index is 11.5. The number of carbonyl (C=O) groups is 1. The van der Waals surface area contributed by atoms with Crippen molar-refractivity contribution in [1.29, 1.82) is 0 Å². The molecule has 1 aromatic rings. The van der Waals surface area contributed by atoms with Gasteiger partial charge in [-0.25, -0.2) is 4.98 Å². The molecule has 1 amide bonds. The van der Waals surface area contributed by atoms with Crippen molar-refractivity contribution in [1.82, 2.24) is 20.6 Å². The number of H-pyrrole nitrogens is 1. The van der Waals surface area contributed by atoms with Gasteiger partial charge in [-0.3, -0.25) is 4.79 Å². The molecule has 1 aromatic heterocycles. The summed E-state index contributed by atoms with van der Waals surface area (Å²) >= 11 is 0. The lowest BCUT2D eigenvalue weighted by Gasteiger charge is -2.09. The fourth-order valence-corrected chi connectivity index (χ4v) is 1.84. The first-order valence-electron chi connectivity index (χ1n) is 5.36. The number of aromatic nitrogens is 2. The van der Waals surface area contributed by atoms with Crippen molar-refractivity contribution in [2.24, 2.45) is 0 Å². The predicted molar refractivity (Wildman–Crippen MR) is 56.6 cm³/mol. The minimum absolute atomic E-state index is 0.0782. The van der Waals surface area contributed by atoms with Gasteiger partial charge in [-0.2, -0.15) is 0 Å². The standard InChI is InChI=1S/C10H16N4O/c15-10(9-6-11-7-14-9)13-5-3-8-2-1-4-12-8/h6-8,12H,1-5H2,(H,11,14)(H,13,15). The second-order valence-electron chi connectivity index (χ2n) is 3.80. The molecule has 1 aliphatic heterocycles. The van der Waals surface area contributed by atoms with Crippen molar-refractivity contribution < 1.29 is 4.79 Å². The Kier molecular flexibility index (Phi) is 3.34. The van der Waals surface area contributed by atoms with Crippen LogP contribution in [0.1, 0.15) is 29.8 Å². The molecule has 0 radical (unpaired) electrons. The monoisotopic (exact) mass is 208 g/mol. The minimum Gasteiger partial charge on any atom is -0.351 e. The zero-order valence-corrected chi connectivity index (χ0v) is 8.62. The first kappa shape index (κ1) is 10.2. The number of nitrogens with one attached hydrogen (secondary N) is 3. The maximum Gasteiger partial charge on any atom is 0.269 e. The van der Waals surface area contributed by atoms with Crippen LogP contribution in [0.3, 0.4) is 0 Å². The molecule has 82 valence electrons. The first-order chi connectivity index (χ1) is 7.36. The van der Waals surface area contributed by atoms with Gasteiger partial charge in [-0.1, -0.05) is 0 Å². The van der Waals surface area contributed by atoms with Crippen molar-refractivity contribution in [3.63, 3.8) is 0 Å². The number of carbonyl (C=O) groups excluding carboxylic acids is 1. The summed E-state index contributed by atoms with van der Waals surface area (Å²) in [6.45, 7) is 1.83. The van der Waals surface area contributed by atoms with Gasteiger partial charge in [0.1, 0.15) is 5.69 Å². The fraction of sp³-hybridized carbons (Fsp3) is 0.600. The Labute approximate surface area is 88.7 Å². The van der Waals surface area contributed by atoms with E-state index >= 15 is 0 Å². The smallest absolute Gasteiger partial charge is 0.269 e. The molecule has 5 heteroatoms.